The molecule has 0 N–H and O–H groups in total. The van der Waals surface area contributed by atoms with E-state index in [4.69, 9.17) is 0 Å². The number of pyridine rings is 1. The minimum atomic E-state index is -0.832. The fourth-order valence-electron chi connectivity index (χ4n) is 1.91. The van der Waals surface area contributed by atoms with Gasteiger partial charge in [0, 0.05) is 12.7 Å². The zero-order valence-corrected chi connectivity index (χ0v) is 11.0. The molecule has 2 aromatic rings. The lowest BCUT2D eigenvalue weighted by atomic mass is 10.1. The summed E-state index contributed by atoms with van der Waals surface area (Å²) < 4.78 is 27.0. The summed E-state index contributed by atoms with van der Waals surface area (Å²) in [6.45, 7) is 0.358. The largest absolute Gasteiger partial charge is 0.293 e. The molecule has 0 saturated heterocycles. The second-order valence-electron chi connectivity index (χ2n) is 4.51. The molecule has 1 heterocycles. The van der Waals surface area contributed by atoms with E-state index in [9.17, 15) is 13.6 Å². The zero-order chi connectivity index (χ0) is 14.5. The number of rotatable bonds is 5. The molecule has 0 bridgehead atoms. The number of ketones is 1. The second kappa shape index (κ2) is 6.34. The number of carbonyl (C=O) groups excluding carboxylic acids is 1. The van der Waals surface area contributed by atoms with Gasteiger partial charge in [0.15, 0.2) is 5.78 Å². The van der Waals surface area contributed by atoms with Crippen molar-refractivity contribution in [2.75, 3.05) is 13.6 Å². The molecule has 0 aliphatic heterocycles. The minimum absolute atomic E-state index is 0.0750. The maximum atomic E-state index is 13.5. The number of Topliss-reactive ketones (excluding diaryl/α,β-unsaturated/α-hetero) is 1. The molecule has 0 spiro atoms. The molecular formula is C15H14F2N2O. The van der Waals surface area contributed by atoms with Gasteiger partial charge in [-0.3, -0.25) is 14.7 Å². The van der Waals surface area contributed by atoms with E-state index < -0.39 is 23.0 Å². The Balaban J connectivity index is 2.04. The highest BCUT2D eigenvalue weighted by Gasteiger charge is 2.18. The SMILES string of the molecule is CN(CC(=O)c1c(F)cccc1F)Cc1ccccn1. The average molecular weight is 276 g/mol. The van der Waals surface area contributed by atoms with Gasteiger partial charge in [-0.25, -0.2) is 8.78 Å². The average Bonchev–Trinajstić information content (AvgIpc) is 2.39. The Labute approximate surface area is 115 Å². The third kappa shape index (κ3) is 3.45. The monoisotopic (exact) mass is 276 g/mol. The predicted molar refractivity (Wildman–Crippen MR) is 71.3 cm³/mol. The fourth-order valence-corrected chi connectivity index (χ4v) is 1.91. The van der Waals surface area contributed by atoms with E-state index in [2.05, 4.69) is 4.98 Å². The van der Waals surface area contributed by atoms with Gasteiger partial charge < -0.3 is 0 Å². The summed E-state index contributed by atoms with van der Waals surface area (Å²) in [6, 6.07) is 8.85. The van der Waals surface area contributed by atoms with Crippen molar-refractivity contribution < 1.29 is 13.6 Å². The summed E-state index contributed by atoms with van der Waals surface area (Å²) in [5.41, 5.74) is 0.303. The van der Waals surface area contributed by atoms with Crippen molar-refractivity contribution >= 4 is 5.78 Å². The first kappa shape index (κ1) is 14.3. The summed E-state index contributed by atoms with van der Waals surface area (Å²) in [7, 11) is 1.70. The molecule has 0 unspecified atom stereocenters. The van der Waals surface area contributed by atoms with Crippen molar-refractivity contribution in [2.45, 2.75) is 6.54 Å². The van der Waals surface area contributed by atoms with Crippen LogP contribution >= 0.6 is 0 Å². The van der Waals surface area contributed by atoms with Gasteiger partial charge in [-0.15, -0.1) is 0 Å². The number of carbonyl (C=O) groups is 1. The summed E-state index contributed by atoms with van der Waals surface area (Å²) in [5, 5.41) is 0. The normalized spacial score (nSPS) is 10.8. The summed E-state index contributed by atoms with van der Waals surface area (Å²) in [6.07, 6.45) is 1.65. The zero-order valence-electron chi connectivity index (χ0n) is 11.0. The van der Waals surface area contributed by atoms with Crippen LogP contribution in [-0.2, 0) is 6.54 Å². The topological polar surface area (TPSA) is 33.2 Å². The Morgan fingerprint density at radius 1 is 1.15 bits per heavy atom. The van der Waals surface area contributed by atoms with Crippen molar-refractivity contribution in [3.8, 4) is 0 Å². The van der Waals surface area contributed by atoms with Gasteiger partial charge in [0.1, 0.15) is 11.6 Å². The van der Waals surface area contributed by atoms with Gasteiger partial charge in [0.05, 0.1) is 17.8 Å². The van der Waals surface area contributed by atoms with Crippen molar-refractivity contribution in [3.63, 3.8) is 0 Å². The van der Waals surface area contributed by atoms with E-state index in [1.165, 1.54) is 6.07 Å². The van der Waals surface area contributed by atoms with Gasteiger partial charge in [-0.05, 0) is 31.3 Å². The number of likely N-dealkylation sites (N-methyl/N-ethyl adjacent to an activating group) is 1. The van der Waals surface area contributed by atoms with Gasteiger partial charge in [-0.2, -0.15) is 0 Å². The molecule has 20 heavy (non-hydrogen) atoms. The van der Waals surface area contributed by atoms with Crippen LogP contribution in [0.1, 0.15) is 16.1 Å². The van der Waals surface area contributed by atoms with Crippen molar-refractivity contribution in [1.82, 2.24) is 9.88 Å². The molecule has 0 saturated carbocycles. The van der Waals surface area contributed by atoms with Crippen LogP contribution in [0.2, 0.25) is 0 Å². The molecule has 0 aliphatic rings. The molecule has 1 aromatic carbocycles. The van der Waals surface area contributed by atoms with Gasteiger partial charge in [0.2, 0.25) is 0 Å². The smallest absolute Gasteiger partial charge is 0.182 e. The highest BCUT2D eigenvalue weighted by molar-refractivity contribution is 5.98. The number of aromatic nitrogens is 1. The Morgan fingerprint density at radius 2 is 1.85 bits per heavy atom. The molecule has 0 radical (unpaired) electrons. The third-order valence-electron chi connectivity index (χ3n) is 2.81. The van der Waals surface area contributed by atoms with Crippen LogP contribution in [0, 0.1) is 11.6 Å². The van der Waals surface area contributed by atoms with E-state index >= 15 is 0 Å². The third-order valence-corrected chi connectivity index (χ3v) is 2.81. The van der Waals surface area contributed by atoms with Crippen molar-refractivity contribution in [3.05, 3.63) is 65.5 Å². The molecule has 3 nitrogen and oxygen atoms in total. The first-order valence-corrected chi connectivity index (χ1v) is 6.13. The Hall–Kier alpha value is -2.14. The van der Waals surface area contributed by atoms with E-state index in [1.54, 1.807) is 24.2 Å². The van der Waals surface area contributed by atoms with E-state index in [-0.39, 0.29) is 6.54 Å². The van der Waals surface area contributed by atoms with Gasteiger partial charge >= 0.3 is 0 Å². The second-order valence-corrected chi connectivity index (χ2v) is 4.51. The van der Waals surface area contributed by atoms with Gasteiger partial charge in [0.25, 0.3) is 0 Å². The van der Waals surface area contributed by atoms with Crippen LogP contribution < -0.4 is 0 Å². The lowest BCUT2D eigenvalue weighted by Gasteiger charge is -2.15. The molecule has 104 valence electrons. The molecule has 0 amide bonds. The lowest BCUT2D eigenvalue weighted by Crippen LogP contribution is -2.27. The minimum Gasteiger partial charge on any atom is -0.293 e. The van der Waals surface area contributed by atoms with Crippen molar-refractivity contribution in [1.29, 1.82) is 0 Å². The van der Waals surface area contributed by atoms with Crippen LogP contribution in [0.15, 0.2) is 42.6 Å². The molecule has 5 heteroatoms. The molecule has 2 rings (SSSR count). The maximum absolute atomic E-state index is 13.5. The number of nitrogens with zero attached hydrogens (tertiary/aromatic N) is 2. The Morgan fingerprint density at radius 3 is 2.45 bits per heavy atom. The number of halogens is 2. The molecular weight excluding hydrogens is 262 g/mol. The number of hydrogen-bond donors (Lipinski definition) is 0. The summed E-state index contributed by atoms with van der Waals surface area (Å²) in [5.74, 6) is -2.25. The van der Waals surface area contributed by atoms with Crippen LogP contribution in [0.3, 0.4) is 0 Å². The van der Waals surface area contributed by atoms with E-state index in [1.807, 2.05) is 12.1 Å². The van der Waals surface area contributed by atoms with Gasteiger partial charge in [-0.1, -0.05) is 12.1 Å². The van der Waals surface area contributed by atoms with Crippen LogP contribution in [-0.4, -0.2) is 29.3 Å². The first-order chi connectivity index (χ1) is 9.58. The molecule has 0 aliphatic carbocycles. The predicted octanol–water partition coefficient (Wildman–Crippen LogP) is 2.67. The first-order valence-electron chi connectivity index (χ1n) is 6.13. The summed E-state index contributed by atoms with van der Waals surface area (Å²) in [4.78, 5) is 17.7. The standard InChI is InChI=1S/C15H14F2N2O/c1-19(9-11-5-2-3-8-18-11)10-14(20)15-12(16)6-4-7-13(15)17/h2-8H,9-10H2,1H3. The molecule has 1 aromatic heterocycles. The highest BCUT2D eigenvalue weighted by atomic mass is 19.1. The number of hydrogen-bond acceptors (Lipinski definition) is 3. The van der Waals surface area contributed by atoms with Crippen LogP contribution in [0.5, 0.6) is 0 Å². The van der Waals surface area contributed by atoms with Crippen LogP contribution in [0.25, 0.3) is 0 Å². The van der Waals surface area contributed by atoms with E-state index in [0.29, 0.717) is 6.54 Å². The quantitative estimate of drug-likeness (QED) is 0.787. The molecule has 0 atom stereocenters. The fraction of sp³-hybridized carbons (Fsp3) is 0.200. The van der Waals surface area contributed by atoms with Crippen LogP contribution in [0.4, 0.5) is 8.78 Å². The van der Waals surface area contributed by atoms with Crippen molar-refractivity contribution in [2.24, 2.45) is 0 Å². The maximum Gasteiger partial charge on any atom is 0.182 e. The number of benzene rings is 1. The van der Waals surface area contributed by atoms with E-state index in [0.717, 1.165) is 17.8 Å². The Kier molecular flexibility index (Phi) is 4.53. The highest BCUT2D eigenvalue weighted by Crippen LogP contribution is 2.13. The molecule has 0 fully saturated rings. The summed E-state index contributed by atoms with van der Waals surface area (Å²) >= 11 is 0. The lowest BCUT2D eigenvalue weighted by molar-refractivity contribution is 0.0934. The Bertz CT molecular complexity index is 582.